The number of hydrogen-bond acceptors (Lipinski definition) is 3. The number of pyridine rings is 1. The lowest BCUT2D eigenvalue weighted by Crippen LogP contribution is -1.97. The van der Waals surface area contributed by atoms with E-state index in [4.69, 9.17) is 11.6 Å². The maximum Gasteiger partial charge on any atom is 0.103 e. The smallest absolute Gasteiger partial charge is 0.103 e. The molecule has 3 rings (SSSR count). The van der Waals surface area contributed by atoms with E-state index in [0.717, 1.165) is 27.8 Å². The van der Waals surface area contributed by atoms with Gasteiger partial charge in [-0.3, -0.25) is 4.98 Å². The fraction of sp³-hybridized carbons (Fsp3) is 0.0588. The first kappa shape index (κ1) is 13.4. The number of aromatic nitrogens is 1. The Hall–Kier alpha value is -2.57. The molecule has 1 heterocycles. The molecule has 2 aromatic carbocycles. The number of nitrogens with one attached hydrogen (secondary N) is 1. The second-order valence-electron chi connectivity index (χ2n) is 4.81. The molecule has 0 fully saturated rings. The molecule has 4 heteroatoms. The normalized spacial score (nSPS) is 10.3. The maximum atomic E-state index is 9.32. The van der Waals surface area contributed by atoms with E-state index in [1.54, 1.807) is 6.20 Å². The monoisotopic (exact) mass is 293 g/mol. The van der Waals surface area contributed by atoms with Gasteiger partial charge >= 0.3 is 0 Å². The molecule has 0 saturated carbocycles. The summed E-state index contributed by atoms with van der Waals surface area (Å²) in [5.41, 5.74) is 4.08. The Balaban J connectivity index is 2.19. The largest absolute Gasteiger partial charge is 0.354 e. The van der Waals surface area contributed by atoms with Crippen molar-refractivity contribution in [3.05, 3.63) is 64.8 Å². The third-order valence-corrected chi connectivity index (χ3v) is 3.47. The number of halogens is 1. The van der Waals surface area contributed by atoms with Gasteiger partial charge in [0.15, 0.2) is 0 Å². The van der Waals surface area contributed by atoms with Gasteiger partial charge in [0.05, 0.1) is 16.8 Å². The third-order valence-electron chi connectivity index (χ3n) is 3.24. The number of nitriles is 1. The zero-order valence-electron chi connectivity index (χ0n) is 11.4. The summed E-state index contributed by atoms with van der Waals surface area (Å²) in [4.78, 5) is 4.32. The van der Waals surface area contributed by atoms with E-state index >= 15 is 0 Å². The minimum absolute atomic E-state index is 0.507. The first-order valence-corrected chi connectivity index (χ1v) is 6.87. The van der Waals surface area contributed by atoms with Gasteiger partial charge in [-0.15, -0.1) is 0 Å². The van der Waals surface area contributed by atoms with Crippen molar-refractivity contribution in [1.29, 1.82) is 5.26 Å². The van der Waals surface area contributed by atoms with Crippen LogP contribution in [0.4, 0.5) is 11.4 Å². The van der Waals surface area contributed by atoms with Crippen LogP contribution in [0.3, 0.4) is 0 Å². The summed E-state index contributed by atoms with van der Waals surface area (Å²) < 4.78 is 0. The van der Waals surface area contributed by atoms with Crippen LogP contribution in [0.5, 0.6) is 0 Å². The van der Waals surface area contributed by atoms with Crippen LogP contribution < -0.4 is 5.32 Å². The lowest BCUT2D eigenvalue weighted by molar-refractivity contribution is 1.35. The molecule has 102 valence electrons. The number of fused-ring (bicyclic) bond motifs is 1. The van der Waals surface area contributed by atoms with Gasteiger partial charge in [-0.1, -0.05) is 29.3 Å². The second-order valence-corrected chi connectivity index (χ2v) is 5.25. The van der Waals surface area contributed by atoms with Crippen molar-refractivity contribution in [3.63, 3.8) is 0 Å². The van der Waals surface area contributed by atoms with Gasteiger partial charge < -0.3 is 5.32 Å². The lowest BCUT2D eigenvalue weighted by Gasteiger charge is -2.12. The van der Waals surface area contributed by atoms with Crippen LogP contribution in [0.25, 0.3) is 10.9 Å². The highest BCUT2D eigenvalue weighted by Crippen LogP contribution is 2.30. The number of nitrogens with zero attached hydrogens (tertiary/aromatic N) is 2. The molecule has 0 saturated heterocycles. The van der Waals surface area contributed by atoms with Crippen molar-refractivity contribution in [2.24, 2.45) is 0 Å². The molecule has 0 bridgehead atoms. The Morgan fingerprint density at radius 2 is 2.05 bits per heavy atom. The van der Waals surface area contributed by atoms with Crippen molar-refractivity contribution in [2.45, 2.75) is 6.92 Å². The molecule has 0 aliphatic heterocycles. The quantitative estimate of drug-likeness (QED) is 0.737. The average molecular weight is 294 g/mol. The average Bonchev–Trinajstić information content (AvgIpc) is 2.48. The molecule has 1 N–H and O–H groups in total. The number of anilines is 2. The van der Waals surface area contributed by atoms with E-state index in [-0.39, 0.29) is 0 Å². The van der Waals surface area contributed by atoms with E-state index in [9.17, 15) is 5.26 Å². The number of aryl methyl sites for hydroxylation is 1. The van der Waals surface area contributed by atoms with E-state index in [1.807, 2.05) is 49.4 Å². The van der Waals surface area contributed by atoms with E-state index in [2.05, 4.69) is 16.4 Å². The Bertz CT molecular complexity index is 866. The highest BCUT2D eigenvalue weighted by Gasteiger charge is 2.09. The lowest BCUT2D eigenvalue weighted by atomic mass is 10.1. The molecule has 0 aliphatic carbocycles. The molecule has 0 spiro atoms. The van der Waals surface area contributed by atoms with Crippen molar-refractivity contribution in [3.8, 4) is 6.07 Å². The van der Waals surface area contributed by atoms with Crippen LogP contribution >= 0.6 is 11.6 Å². The SMILES string of the molecule is Cc1ccc2ncc(C#N)c(Nc3cccc(Cl)c3)c2c1. The zero-order chi connectivity index (χ0) is 14.8. The molecule has 1 aromatic heterocycles. The molecular formula is C17H12ClN3. The van der Waals surface area contributed by atoms with Crippen LogP contribution in [0.15, 0.2) is 48.7 Å². The van der Waals surface area contributed by atoms with E-state index in [0.29, 0.717) is 10.6 Å². The molecule has 3 nitrogen and oxygen atoms in total. The van der Waals surface area contributed by atoms with Gasteiger partial charge in [0, 0.05) is 22.3 Å². The highest BCUT2D eigenvalue weighted by atomic mass is 35.5. The summed E-state index contributed by atoms with van der Waals surface area (Å²) >= 11 is 6.01. The topological polar surface area (TPSA) is 48.7 Å². The summed E-state index contributed by atoms with van der Waals surface area (Å²) in [5, 5.41) is 14.2. The van der Waals surface area contributed by atoms with Crippen molar-refractivity contribution in [1.82, 2.24) is 4.98 Å². The van der Waals surface area contributed by atoms with Crippen molar-refractivity contribution < 1.29 is 0 Å². The van der Waals surface area contributed by atoms with Crippen LogP contribution in [-0.2, 0) is 0 Å². The number of rotatable bonds is 2. The molecular weight excluding hydrogens is 282 g/mol. The first-order chi connectivity index (χ1) is 10.2. The molecule has 3 aromatic rings. The molecule has 21 heavy (non-hydrogen) atoms. The summed E-state index contributed by atoms with van der Waals surface area (Å²) in [6.45, 7) is 2.02. The number of hydrogen-bond donors (Lipinski definition) is 1. The minimum Gasteiger partial charge on any atom is -0.354 e. The van der Waals surface area contributed by atoms with Gasteiger partial charge in [-0.2, -0.15) is 5.26 Å². The van der Waals surface area contributed by atoms with Crippen molar-refractivity contribution >= 4 is 33.9 Å². The third kappa shape index (κ3) is 2.67. The molecule has 0 atom stereocenters. The Morgan fingerprint density at radius 1 is 1.19 bits per heavy atom. The first-order valence-electron chi connectivity index (χ1n) is 6.49. The van der Waals surface area contributed by atoms with Gasteiger partial charge in [-0.05, 0) is 37.3 Å². The van der Waals surface area contributed by atoms with Gasteiger partial charge in [0.25, 0.3) is 0 Å². The van der Waals surface area contributed by atoms with Gasteiger partial charge in [0.2, 0.25) is 0 Å². The fourth-order valence-corrected chi connectivity index (χ4v) is 2.43. The summed E-state index contributed by atoms with van der Waals surface area (Å²) in [7, 11) is 0. The molecule has 0 unspecified atom stereocenters. The molecule has 0 radical (unpaired) electrons. The number of benzene rings is 2. The molecule has 0 amide bonds. The van der Waals surface area contributed by atoms with Crippen LogP contribution in [0, 0.1) is 18.3 Å². The fourth-order valence-electron chi connectivity index (χ4n) is 2.24. The maximum absolute atomic E-state index is 9.32. The Labute approximate surface area is 127 Å². The van der Waals surface area contributed by atoms with Gasteiger partial charge in [-0.25, -0.2) is 0 Å². The van der Waals surface area contributed by atoms with Crippen LogP contribution in [-0.4, -0.2) is 4.98 Å². The van der Waals surface area contributed by atoms with Crippen molar-refractivity contribution in [2.75, 3.05) is 5.32 Å². The standard InChI is InChI=1S/C17H12ClN3/c1-11-5-6-16-15(7-11)17(12(9-19)10-20-16)21-14-4-2-3-13(18)8-14/h2-8,10H,1H3,(H,20,21). The van der Waals surface area contributed by atoms with Crippen LogP contribution in [0.2, 0.25) is 5.02 Å². The minimum atomic E-state index is 0.507. The predicted molar refractivity (Wildman–Crippen MR) is 85.9 cm³/mol. The van der Waals surface area contributed by atoms with E-state index < -0.39 is 0 Å². The predicted octanol–water partition coefficient (Wildman–Crippen LogP) is 4.81. The highest BCUT2D eigenvalue weighted by molar-refractivity contribution is 6.30. The van der Waals surface area contributed by atoms with E-state index in [1.165, 1.54) is 0 Å². The summed E-state index contributed by atoms with van der Waals surface area (Å²) in [5.74, 6) is 0. The van der Waals surface area contributed by atoms with Crippen LogP contribution in [0.1, 0.15) is 11.1 Å². The Morgan fingerprint density at radius 3 is 2.81 bits per heavy atom. The summed E-state index contributed by atoms with van der Waals surface area (Å²) in [6.07, 6.45) is 1.59. The second kappa shape index (κ2) is 5.43. The van der Waals surface area contributed by atoms with Gasteiger partial charge in [0.1, 0.15) is 6.07 Å². The Kier molecular flexibility index (Phi) is 3.47. The zero-order valence-corrected chi connectivity index (χ0v) is 12.1. The molecule has 0 aliphatic rings. The summed E-state index contributed by atoms with van der Waals surface area (Å²) in [6, 6.07) is 15.6.